The highest BCUT2D eigenvalue weighted by Gasteiger charge is 2.15. The predicted molar refractivity (Wildman–Crippen MR) is 99.6 cm³/mol. The van der Waals surface area contributed by atoms with Crippen molar-refractivity contribution in [3.05, 3.63) is 41.2 Å². The average molecular weight is 343 g/mol. The minimum absolute atomic E-state index is 0.0720. The summed E-state index contributed by atoms with van der Waals surface area (Å²) in [6, 6.07) is 3.24. The minimum atomic E-state index is -0.220. The number of pyridine rings is 1. The molecule has 1 aromatic rings. The third kappa shape index (κ3) is 6.00. The number of rotatable bonds is 8. The average Bonchev–Trinajstić information content (AvgIpc) is 2.66. The quantitative estimate of drug-likeness (QED) is 0.734. The van der Waals surface area contributed by atoms with Crippen LogP contribution in [-0.2, 0) is 0 Å². The standard InChI is InChI=1S/C20H29N3O2/c1-3-4-14-23(2)20(25)17-11-13-21-18(15-17)19(24)22-12-10-16-8-6-5-7-9-16/h8,11,13,15H,3-7,9-10,12,14H2,1-2H3,(H,22,24). The van der Waals surface area contributed by atoms with Crippen LogP contribution >= 0.6 is 0 Å². The predicted octanol–water partition coefficient (Wildman–Crippen LogP) is 3.57. The normalized spacial score (nSPS) is 13.9. The van der Waals surface area contributed by atoms with Crippen molar-refractivity contribution in [2.24, 2.45) is 0 Å². The van der Waals surface area contributed by atoms with E-state index in [0.717, 1.165) is 32.1 Å². The van der Waals surface area contributed by atoms with Crippen LogP contribution in [0.5, 0.6) is 0 Å². The molecule has 1 aliphatic carbocycles. The topological polar surface area (TPSA) is 62.3 Å². The molecule has 0 unspecified atom stereocenters. The van der Waals surface area contributed by atoms with Gasteiger partial charge in [0.15, 0.2) is 0 Å². The lowest BCUT2D eigenvalue weighted by Gasteiger charge is -2.17. The van der Waals surface area contributed by atoms with Gasteiger partial charge in [0.05, 0.1) is 0 Å². The lowest BCUT2D eigenvalue weighted by molar-refractivity contribution is 0.0793. The Kier molecular flexibility index (Phi) is 7.64. The van der Waals surface area contributed by atoms with Crippen LogP contribution in [-0.4, -0.2) is 41.8 Å². The van der Waals surface area contributed by atoms with Crippen molar-refractivity contribution in [3.63, 3.8) is 0 Å². The Balaban J connectivity index is 1.89. The van der Waals surface area contributed by atoms with Crippen molar-refractivity contribution in [3.8, 4) is 0 Å². The summed E-state index contributed by atoms with van der Waals surface area (Å²) in [4.78, 5) is 30.5. The van der Waals surface area contributed by atoms with Gasteiger partial charge in [0.1, 0.15) is 5.69 Å². The number of hydrogen-bond acceptors (Lipinski definition) is 3. The van der Waals surface area contributed by atoms with Crippen LogP contribution in [0, 0.1) is 0 Å². The second-order valence-corrected chi connectivity index (χ2v) is 6.62. The van der Waals surface area contributed by atoms with E-state index in [2.05, 4.69) is 23.3 Å². The highest BCUT2D eigenvalue weighted by molar-refractivity contribution is 5.98. The molecule has 2 amide bonds. The second-order valence-electron chi connectivity index (χ2n) is 6.62. The lowest BCUT2D eigenvalue weighted by Crippen LogP contribution is -2.29. The van der Waals surface area contributed by atoms with E-state index in [1.165, 1.54) is 24.6 Å². The van der Waals surface area contributed by atoms with Crippen LogP contribution < -0.4 is 5.32 Å². The van der Waals surface area contributed by atoms with Crippen molar-refractivity contribution in [1.29, 1.82) is 0 Å². The molecule has 0 fully saturated rings. The van der Waals surface area contributed by atoms with Gasteiger partial charge in [-0.15, -0.1) is 0 Å². The molecule has 2 rings (SSSR count). The van der Waals surface area contributed by atoms with Gasteiger partial charge in [0, 0.05) is 31.9 Å². The number of nitrogens with one attached hydrogen (secondary N) is 1. The molecular weight excluding hydrogens is 314 g/mol. The van der Waals surface area contributed by atoms with Crippen molar-refractivity contribution in [1.82, 2.24) is 15.2 Å². The Morgan fingerprint density at radius 1 is 1.32 bits per heavy atom. The smallest absolute Gasteiger partial charge is 0.269 e. The third-order valence-electron chi connectivity index (χ3n) is 4.55. The largest absolute Gasteiger partial charge is 0.350 e. The van der Waals surface area contributed by atoms with Crippen LogP contribution in [0.25, 0.3) is 0 Å². The molecule has 1 N–H and O–H groups in total. The van der Waals surface area contributed by atoms with Crippen LogP contribution in [0.2, 0.25) is 0 Å². The first-order valence-corrected chi connectivity index (χ1v) is 9.29. The molecule has 136 valence electrons. The fourth-order valence-electron chi connectivity index (χ4n) is 2.96. The van der Waals surface area contributed by atoms with Gasteiger partial charge in [0.2, 0.25) is 0 Å². The van der Waals surface area contributed by atoms with E-state index in [0.29, 0.717) is 24.3 Å². The zero-order valence-electron chi connectivity index (χ0n) is 15.4. The summed E-state index contributed by atoms with van der Waals surface area (Å²) in [6.07, 6.45) is 11.5. The van der Waals surface area contributed by atoms with E-state index in [1.54, 1.807) is 24.1 Å². The van der Waals surface area contributed by atoms with Gasteiger partial charge in [-0.1, -0.05) is 25.0 Å². The molecule has 0 aromatic carbocycles. The maximum Gasteiger partial charge on any atom is 0.269 e. The molecule has 5 heteroatoms. The summed E-state index contributed by atoms with van der Waals surface area (Å²) < 4.78 is 0. The molecule has 1 aromatic heterocycles. The second kappa shape index (κ2) is 9.97. The first-order chi connectivity index (χ1) is 12.1. The van der Waals surface area contributed by atoms with Gasteiger partial charge >= 0.3 is 0 Å². The van der Waals surface area contributed by atoms with Crippen LogP contribution in [0.15, 0.2) is 30.0 Å². The summed E-state index contributed by atoms with van der Waals surface area (Å²) in [5.41, 5.74) is 2.24. The van der Waals surface area contributed by atoms with Crippen LogP contribution in [0.1, 0.15) is 72.7 Å². The van der Waals surface area contributed by atoms with Gasteiger partial charge in [0.25, 0.3) is 11.8 Å². The van der Waals surface area contributed by atoms with E-state index in [9.17, 15) is 9.59 Å². The van der Waals surface area contributed by atoms with Crippen molar-refractivity contribution >= 4 is 11.8 Å². The number of hydrogen-bond donors (Lipinski definition) is 1. The Morgan fingerprint density at radius 3 is 2.88 bits per heavy atom. The van der Waals surface area contributed by atoms with Gasteiger partial charge in [-0.25, -0.2) is 0 Å². The highest BCUT2D eigenvalue weighted by Crippen LogP contribution is 2.19. The number of allylic oxidation sites excluding steroid dienone is 1. The maximum absolute atomic E-state index is 12.4. The first-order valence-electron chi connectivity index (χ1n) is 9.29. The van der Waals surface area contributed by atoms with Gasteiger partial charge in [-0.3, -0.25) is 14.6 Å². The Hall–Kier alpha value is -2.17. The van der Waals surface area contributed by atoms with Gasteiger partial charge < -0.3 is 10.2 Å². The number of nitrogens with zero attached hydrogens (tertiary/aromatic N) is 2. The molecule has 0 bridgehead atoms. The molecule has 0 saturated carbocycles. The zero-order valence-corrected chi connectivity index (χ0v) is 15.4. The first kappa shape index (κ1) is 19.2. The number of carbonyl (C=O) groups excluding carboxylic acids is 2. The van der Waals surface area contributed by atoms with E-state index in [4.69, 9.17) is 0 Å². The van der Waals surface area contributed by atoms with Gasteiger partial charge in [-0.2, -0.15) is 0 Å². The Morgan fingerprint density at radius 2 is 2.16 bits per heavy atom. The highest BCUT2D eigenvalue weighted by atomic mass is 16.2. The minimum Gasteiger partial charge on any atom is -0.350 e. The molecule has 0 aliphatic heterocycles. The number of aromatic nitrogens is 1. The molecule has 0 radical (unpaired) electrons. The molecule has 5 nitrogen and oxygen atoms in total. The number of amides is 2. The number of unbranched alkanes of at least 4 members (excludes halogenated alkanes) is 1. The van der Waals surface area contributed by atoms with Crippen LogP contribution in [0.4, 0.5) is 0 Å². The molecule has 0 saturated heterocycles. The monoisotopic (exact) mass is 343 g/mol. The zero-order chi connectivity index (χ0) is 18.1. The summed E-state index contributed by atoms with van der Waals surface area (Å²) >= 11 is 0. The molecular formula is C20H29N3O2. The lowest BCUT2D eigenvalue weighted by atomic mass is 9.97. The summed E-state index contributed by atoms with van der Waals surface area (Å²) in [5.74, 6) is -0.292. The van der Waals surface area contributed by atoms with E-state index in [-0.39, 0.29) is 11.8 Å². The molecule has 0 spiro atoms. The SMILES string of the molecule is CCCCN(C)C(=O)c1ccnc(C(=O)NCCC2=CCCCC2)c1. The van der Waals surface area contributed by atoms with E-state index < -0.39 is 0 Å². The van der Waals surface area contributed by atoms with E-state index >= 15 is 0 Å². The molecule has 1 aliphatic rings. The summed E-state index contributed by atoms with van der Waals surface area (Å²) in [5, 5.41) is 2.91. The fraction of sp³-hybridized carbons (Fsp3) is 0.550. The fourth-order valence-corrected chi connectivity index (χ4v) is 2.96. The maximum atomic E-state index is 12.4. The number of carbonyl (C=O) groups is 2. The van der Waals surface area contributed by atoms with E-state index in [1.807, 2.05) is 0 Å². The van der Waals surface area contributed by atoms with Gasteiger partial charge in [-0.05, 0) is 50.7 Å². The van der Waals surface area contributed by atoms with Crippen LogP contribution in [0.3, 0.4) is 0 Å². The summed E-state index contributed by atoms with van der Waals surface area (Å²) in [7, 11) is 1.79. The summed E-state index contributed by atoms with van der Waals surface area (Å²) in [6.45, 7) is 3.42. The third-order valence-corrected chi connectivity index (χ3v) is 4.55. The molecule has 25 heavy (non-hydrogen) atoms. The Bertz CT molecular complexity index is 625. The van der Waals surface area contributed by atoms with Crippen molar-refractivity contribution < 1.29 is 9.59 Å². The molecule has 0 atom stereocenters. The molecule has 1 heterocycles. The Labute approximate surface area is 150 Å². The van der Waals surface area contributed by atoms with Crippen molar-refractivity contribution in [2.45, 2.75) is 51.9 Å². The van der Waals surface area contributed by atoms with Crippen molar-refractivity contribution in [2.75, 3.05) is 20.1 Å².